The summed E-state index contributed by atoms with van der Waals surface area (Å²) in [6.07, 6.45) is 1.25. The topological polar surface area (TPSA) is 62.2 Å². The van der Waals surface area contributed by atoms with Crippen LogP contribution in [-0.2, 0) is 16.0 Å². The van der Waals surface area contributed by atoms with Crippen LogP contribution in [0.4, 0.5) is 0 Å². The average molecular weight is 475 g/mol. The Balaban J connectivity index is 1.68. The maximum absolute atomic E-state index is 13.5. The first kappa shape index (κ1) is 25.7. The molecule has 182 valence electrons. The summed E-state index contributed by atoms with van der Waals surface area (Å²) in [6, 6.07) is 10.00. The number of para-hydroxylation sites is 1. The summed E-state index contributed by atoms with van der Waals surface area (Å²) in [4.78, 5) is 18.8. The zero-order chi connectivity index (χ0) is 23.8. The van der Waals surface area contributed by atoms with E-state index in [0.29, 0.717) is 19.7 Å². The number of aliphatic hydroxyl groups is 1. The molecule has 3 rings (SSSR count). The predicted octanol–water partition coefficient (Wildman–Crippen LogP) is 4.06. The second-order valence-corrected chi connectivity index (χ2v) is 10.0. The number of ether oxygens (including phenoxy) is 2. The molecule has 0 spiro atoms. The number of rotatable bonds is 12. The quantitative estimate of drug-likeness (QED) is 0.503. The Morgan fingerprint density at radius 3 is 2.82 bits per heavy atom. The average Bonchev–Trinajstić information content (AvgIpc) is 3.26. The molecule has 6 nitrogen and oxygen atoms in total. The van der Waals surface area contributed by atoms with Crippen LogP contribution in [-0.4, -0.2) is 72.4 Å². The Morgan fingerprint density at radius 2 is 2.09 bits per heavy atom. The van der Waals surface area contributed by atoms with Gasteiger partial charge in [0.25, 0.3) is 0 Å². The number of fused-ring (bicyclic) bond motifs is 1. The van der Waals surface area contributed by atoms with Crippen molar-refractivity contribution in [3.8, 4) is 5.75 Å². The molecule has 0 saturated carbocycles. The number of carbonyl (C=O) groups is 1. The van der Waals surface area contributed by atoms with Crippen molar-refractivity contribution in [3.05, 3.63) is 51.7 Å². The summed E-state index contributed by atoms with van der Waals surface area (Å²) in [7, 11) is 0. The first-order chi connectivity index (χ1) is 15.9. The number of aliphatic hydroxyl groups excluding tert-OH is 1. The maximum Gasteiger partial charge on any atom is 0.237 e. The molecule has 33 heavy (non-hydrogen) atoms. The number of aryl methyl sites for hydroxylation is 1. The molecular formula is C26H38N2O4S. The number of benzene rings is 1. The predicted molar refractivity (Wildman–Crippen MR) is 133 cm³/mol. The van der Waals surface area contributed by atoms with Gasteiger partial charge in [0, 0.05) is 18.0 Å². The van der Waals surface area contributed by atoms with Crippen LogP contribution in [0.5, 0.6) is 5.75 Å². The van der Waals surface area contributed by atoms with Gasteiger partial charge in [0.1, 0.15) is 12.4 Å². The highest BCUT2D eigenvalue weighted by Gasteiger charge is 2.33. The van der Waals surface area contributed by atoms with Crippen molar-refractivity contribution in [1.82, 2.24) is 9.80 Å². The Labute approximate surface area is 202 Å². The van der Waals surface area contributed by atoms with Crippen LogP contribution in [0.15, 0.2) is 35.7 Å². The molecule has 1 N–H and O–H groups in total. The van der Waals surface area contributed by atoms with Crippen LogP contribution >= 0.6 is 11.3 Å². The highest BCUT2D eigenvalue weighted by molar-refractivity contribution is 7.10. The smallest absolute Gasteiger partial charge is 0.237 e. The van der Waals surface area contributed by atoms with E-state index in [1.165, 1.54) is 10.4 Å². The molecular weight excluding hydrogens is 436 g/mol. The first-order valence-electron chi connectivity index (χ1n) is 11.9. The fourth-order valence-electron chi connectivity index (χ4n) is 4.25. The summed E-state index contributed by atoms with van der Waals surface area (Å²) >= 11 is 1.75. The molecule has 1 aromatic heterocycles. The van der Waals surface area contributed by atoms with Gasteiger partial charge in [0.2, 0.25) is 5.91 Å². The molecule has 7 heteroatoms. The monoisotopic (exact) mass is 474 g/mol. The molecule has 0 fully saturated rings. The molecule has 1 aliphatic heterocycles. The van der Waals surface area contributed by atoms with Crippen molar-refractivity contribution in [1.29, 1.82) is 0 Å². The lowest BCUT2D eigenvalue weighted by Crippen LogP contribution is -2.48. The lowest BCUT2D eigenvalue weighted by Gasteiger charge is -2.37. The van der Waals surface area contributed by atoms with E-state index in [4.69, 9.17) is 9.47 Å². The molecule has 2 atom stereocenters. The van der Waals surface area contributed by atoms with Crippen molar-refractivity contribution in [3.63, 3.8) is 0 Å². The summed E-state index contributed by atoms with van der Waals surface area (Å²) in [5.41, 5.74) is 2.28. The van der Waals surface area contributed by atoms with Gasteiger partial charge in [0.05, 0.1) is 31.4 Å². The molecule has 0 saturated heterocycles. The number of thiophene rings is 1. The van der Waals surface area contributed by atoms with Gasteiger partial charge in [0.15, 0.2) is 0 Å². The number of amides is 1. The summed E-state index contributed by atoms with van der Waals surface area (Å²) in [5.74, 6) is 0.934. The van der Waals surface area contributed by atoms with Crippen molar-refractivity contribution < 1.29 is 19.4 Å². The van der Waals surface area contributed by atoms with Crippen molar-refractivity contribution in [2.24, 2.45) is 0 Å². The minimum Gasteiger partial charge on any atom is -0.491 e. The highest BCUT2D eigenvalue weighted by Crippen LogP contribution is 2.34. The van der Waals surface area contributed by atoms with E-state index in [0.717, 1.165) is 30.7 Å². The zero-order valence-electron chi connectivity index (χ0n) is 20.3. The third kappa shape index (κ3) is 7.27. The molecule has 2 aromatic rings. The number of carbonyl (C=O) groups excluding carboxylic acids is 1. The Morgan fingerprint density at radius 1 is 1.30 bits per heavy atom. The first-order valence-corrected chi connectivity index (χ1v) is 12.8. The SMILES string of the molecule is CCCN(CC(=O)N1CCc2sccc2[C@@H]1COc1ccccc1C)C[C@H](O)COC(C)C. The molecule has 0 unspecified atom stereocenters. The molecule has 1 amide bonds. The van der Waals surface area contributed by atoms with Crippen LogP contribution in [0.2, 0.25) is 0 Å². The second kappa shape index (κ2) is 12.5. The largest absolute Gasteiger partial charge is 0.491 e. The Kier molecular flexibility index (Phi) is 9.74. The van der Waals surface area contributed by atoms with E-state index in [-0.39, 0.29) is 31.2 Å². The van der Waals surface area contributed by atoms with Gasteiger partial charge in [-0.1, -0.05) is 25.1 Å². The molecule has 0 aliphatic carbocycles. The molecule has 0 bridgehead atoms. The molecule has 1 aliphatic rings. The van der Waals surface area contributed by atoms with Crippen molar-refractivity contribution in [2.75, 3.05) is 39.4 Å². The van der Waals surface area contributed by atoms with E-state index >= 15 is 0 Å². The van der Waals surface area contributed by atoms with E-state index in [9.17, 15) is 9.90 Å². The van der Waals surface area contributed by atoms with Crippen LogP contribution in [0.1, 0.15) is 49.2 Å². The van der Waals surface area contributed by atoms with Gasteiger partial charge in [-0.3, -0.25) is 9.69 Å². The van der Waals surface area contributed by atoms with E-state index in [2.05, 4.69) is 18.4 Å². The summed E-state index contributed by atoms with van der Waals surface area (Å²) in [6.45, 7) is 10.9. The van der Waals surface area contributed by atoms with Crippen LogP contribution in [0, 0.1) is 6.92 Å². The number of hydrogen-bond donors (Lipinski definition) is 1. The zero-order valence-corrected chi connectivity index (χ0v) is 21.1. The Hall–Kier alpha value is -1.93. The fourth-order valence-corrected chi connectivity index (χ4v) is 5.18. The van der Waals surface area contributed by atoms with Crippen molar-refractivity contribution >= 4 is 17.2 Å². The normalized spacial score (nSPS) is 16.8. The standard InChI is InChI=1S/C26H38N2O4S/c1-5-12-27(15-21(29)17-31-19(2)3)16-26(30)28-13-10-25-22(11-14-33-25)23(28)18-32-24-9-7-6-8-20(24)4/h6-9,11,14,19,21,23,29H,5,10,12-13,15-18H2,1-4H3/t21-,23-/m0/s1. The van der Waals surface area contributed by atoms with E-state index in [1.54, 1.807) is 11.3 Å². The third-order valence-corrected chi connectivity index (χ3v) is 6.89. The van der Waals surface area contributed by atoms with Gasteiger partial charge in [-0.2, -0.15) is 0 Å². The van der Waals surface area contributed by atoms with E-state index in [1.807, 2.05) is 54.8 Å². The lowest BCUT2D eigenvalue weighted by atomic mass is 10.00. The minimum atomic E-state index is -0.614. The van der Waals surface area contributed by atoms with Crippen LogP contribution in [0.25, 0.3) is 0 Å². The highest BCUT2D eigenvalue weighted by atomic mass is 32.1. The van der Waals surface area contributed by atoms with Gasteiger partial charge in [-0.15, -0.1) is 11.3 Å². The summed E-state index contributed by atoms with van der Waals surface area (Å²) in [5, 5.41) is 12.5. The van der Waals surface area contributed by atoms with Gasteiger partial charge in [-0.25, -0.2) is 0 Å². The number of hydrogen-bond acceptors (Lipinski definition) is 6. The third-order valence-electron chi connectivity index (χ3n) is 5.90. The molecule has 1 aromatic carbocycles. The van der Waals surface area contributed by atoms with Gasteiger partial charge < -0.3 is 19.5 Å². The summed E-state index contributed by atoms with van der Waals surface area (Å²) < 4.78 is 11.7. The van der Waals surface area contributed by atoms with Crippen LogP contribution in [0.3, 0.4) is 0 Å². The number of nitrogens with zero attached hydrogens (tertiary/aromatic N) is 2. The molecule has 2 heterocycles. The van der Waals surface area contributed by atoms with Gasteiger partial charge >= 0.3 is 0 Å². The lowest BCUT2D eigenvalue weighted by molar-refractivity contribution is -0.136. The van der Waals surface area contributed by atoms with E-state index < -0.39 is 6.10 Å². The van der Waals surface area contributed by atoms with Gasteiger partial charge in [-0.05, 0) is 68.8 Å². The Bertz CT molecular complexity index is 885. The van der Waals surface area contributed by atoms with Crippen molar-refractivity contribution in [2.45, 2.75) is 58.8 Å². The minimum absolute atomic E-state index is 0.0723. The molecule has 0 radical (unpaired) electrons. The second-order valence-electron chi connectivity index (χ2n) is 9.00. The van der Waals surface area contributed by atoms with Crippen LogP contribution < -0.4 is 4.74 Å². The fraction of sp³-hybridized carbons (Fsp3) is 0.577. The maximum atomic E-state index is 13.5.